The molecule has 0 aliphatic rings. The largest absolute Gasteiger partial charge is 0.508 e. The molecule has 0 saturated carbocycles. The summed E-state index contributed by atoms with van der Waals surface area (Å²) in [7, 11) is 0. The minimum absolute atomic E-state index is 0.252. The molecule has 0 atom stereocenters. The predicted molar refractivity (Wildman–Crippen MR) is 84.2 cm³/mol. The van der Waals surface area contributed by atoms with E-state index in [9.17, 15) is 10.2 Å². The van der Waals surface area contributed by atoms with Gasteiger partial charge >= 0.3 is 0 Å². The second-order valence-electron chi connectivity index (χ2n) is 4.99. The number of aromatic hydroxyl groups is 2. The number of rotatable bonds is 2. The van der Waals surface area contributed by atoms with E-state index >= 15 is 0 Å². The van der Waals surface area contributed by atoms with Gasteiger partial charge in [0, 0.05) is 0 Å². The summed E-state index contributed by atoms with van der Waals surface area (Å²) in [5.74, 6) is 0.506. The van der Waals surface area contributed by atoms with Crippen molar-refractivity contribution in [3.8, 4) is 33.8 Å². The maximum Gasteiger partial charge on any atom is 0.115 e. The highest BCUT2D eigenvalue weighted by molar-refractivity contribution is 5.85. The third-order valence-corrected chi connectivity index (χ3v) is 3.53. The fourth-order valence-electron chi connectivity index (χ4n) is 2.49. The molecule has 3 aromatic carbocycles. The van der Waals surface area contributed by atoms with Crippen LogP contribution in [0.5, 0.6) is 11.5 Å². The molecule has 1 radical (unpaired) electrons. The van der Waals surface area contributed by atoms with Crippen LogP contribution in [0.15, 0.2) is 60.7 Å². The molecule has 21 heavy (non-hydrogen) atoms. The van der Waals surface area contributed by atoms with Crippen molar-refractivity contribution in [3.05, 3.63) is 72.3 Å². The summed E-state index contributed by atoms with van der Waals surface area (Å²) in [5.41, 5.74) is 5.28. The first-order valence-electron chi connectivity index (χ1n) is 6.75. The van der Waals surface area contributed by atoms with Crippen LogP contribution >= 0.6 is 0 Å². The first-order valence-corrected chi connectivity index (χ1v) is 6.75. The predicted octanol–water partition coefficient (Wildman–Crippen LogP) is 4.54. The highest BCUT2D eigenvalue weighted by Gasteiger charge is 2.10. The van der Waals surface area contributed by atoms with Gasteiger partial charge in [0.2, 0.25) is 0 Å². The van der Waals surface area contributed by atoms with Gasteiger partial charge in [-0.15, -0.1) is 0 Å². The lowest BCUT2D eigenvalue weighted by Crippen LogP contribution is -1.89. The monoisotopic (exact) mass is 275 g/mol. The number of hydrogen-bond donors (Lipinski definition) is 2. The Labute approximate surface area is 123 Å². The maximum atomic E-state index is 9.45. The Morgan fingerprint density at radius 2 is 1.24 bits per heavy atom. The lowest BCUT2D eigenvalue weighted by atomic mass is 9.91. The molecule has 2 N–H and O–H groups in total. The molecule has 0 fully saturated rings. The summed E-state index contributed by atoms with van der Waals surface area (Å²) in [6, 6.07) is 21.5. The van der Waals surface area contributed by atoms with E-state index in [1.807, 2.05) is 43.3 Å². The summed E-state index contributed by atoms with van der Waals surface area (Å²) in [5, 5.41) is 18.9. The van der Waals surface area contributed by atoms with E-state index in [0.29, 0.717) is 0 Å². The zero-order valence-electron chi connectivity index (χ0n) is 11.7. The number of benzene rings is 3. The fourth-order valence-corrected chi connectivity index (χ4v) is 2.49. The van der Waals surface area contributed by atoms with E-state index < -0.39 is 0 Å². The molecule has 0 amide bonds. The summed E-state index contributed by atoms with van der Waals surface area (Å²) < 4.78 is 0. The van der Waals surface area contributed by atoms with Crippen molar-refractivity contribution in [2.75, 3.05) is 0 Å². The molecule has 0 aliphatic heterocycles. The smallest absolute Gasteiger partial charge is 0.115 e. The van der Waals surface area contributed by atoms with Crippen LogP contribution in [0.4, 0.5) is 0 Å². The Morgan fingerprint density at radius 1 is 0.714 bits per heavy atom. The van der Waals surface area contributed by atoms with E-state index in [0.717, 1.165) is 27.8 Å². The van der Waals surface area contributed by atoms with Crippen LogP contribution in [0.1, 0.15) is 5.56 Å². The second kappa shape index (κ2) is 5.33. The van der Waals surface area contributed by atoms with Gasteiger partial charge in [0.05, 0.1) is 0 Å². The first-order chi connectivity index (χ1) is 10.1. The van der Waals surface area contributed by atoms with Crippen molar-refractivity contribution in [3.63, 3.8) is 0 Å². The zero-order valence-corrected chi connectivity index (χ0v) is 11.7. The molecule has 2 heteroatoms. The normalized spacial score (nSPS) is 10.5. The second-order valence-corrected chi connectivity index (χ2v) is 4.99. The van der Waals surface area contributed by atoms with Crippen molar-refractivity contribution in [2.24, 2.45) is 0 Å². The van der Waals surface area contributed by atoms with Gasteiger partial charge in [0.25, 0.3) is 0 Å². The van der Waals surface area contributed by atoms with E-state index in [-0.39, 0.29) is 11.5 Å². The third kappa shape index (κ3) is 2.61. The van der Waals surface area contributed by atoms with Crippen molar-refractivity contribution < 1.29 is 10.2 Å². The molecule has 0 heterocycles. The average Bonchev–Trinajstić information content (AvgIpc) is 2.49. The quantitative estimate of drug-likeness (QED) is 0.720. The standard InChI is InChI=1S/C19H15O2/c1-13-3-2-4-18(14-5-9-16(20)10-6-14)19(13)15-7-11-17(21)12-8-15/h2,4-12,20-21H,1H3. The average molecular weight is 275 g/mol. The van der Waals surface area contributed by atoms with E-state index in [4.69, 9.17) is 0 Å². The van der Waals surface area contributed by atoms with Crippen molar-refractivity contribution in [1.82, 2.24) is 0 Å². The lowest BCUT2D eigenvalue weighted by Gasteiger charge is -2.13. The number of phenols is 2. The Balaban J connectivity index is 2.20. The van der Waals surface area contributed by atoms with E-state index in [2.05, 4.69) is 6.07 Å². The topological polar surface area (TPSA) is 40.5 Å². The highest BCUT2D eigenvalue weighted by atomic mass is 16.3. The van der Waals surface area contributed by atoms with Gasteiger partial charge in [-0.1, -0.05) is 36.4 Å². The van der Waals surface area contributed by atoms with Gasteiger partial charge in [-0.05, 0) is 65.1 Å². The van der Waals surface area contributed by atoms with Crippen molar-refractivity contribution in [1.29, 1.82) is 0 Å². The summed E-state index contributed by atoms with van der Waals surface area (Å²) in [4.78, 5) is 0. The van der Waals surface area contributed by atoms with Crippen LogP contribution < -0.4 is 0 Å². The van der Waals surface area contributed by atoms with Crippen LogP contribution in [0, 0.1) is 13.0 Å². The Hall–Kier alpha value is -2.74. The van der Waals surface area contributed by atoms with Gasteiger partial charge in [-0.3, -0.25) is 0 Å². The maximum absolute atomic E-state index is 9.45. The molecule has 0 saturated heterocycles. The minimum atomic E-state index is 0.252. The van der Waals surface area contributed by atoms with Crippen LogP contribution in [-0.2, 0) is 0 Å². The molecule has 0 bridgehead atoms. The fraction of sp³-hybridized carbons (Fsp3) is 0.0526. The van der Waals surface area contributed by atoms with Crippen molar-refractivity contribution >= 4 is 0 Å². The van der Waals surface area contributed by atoms with Crippen LogP contribution in [0.3, 0.4) is 0 Å². The number of phenolic OH excluding ortho intramolecular Hbond substituents is 2. The Bertz CT molecular complexity index is 757. The van der Waals surface area contributed by atoms with Crippen LogP contribution in [-0.4, -0.2) is 10.2 Å². The van der Waals surface area contributed by atoms with E-state index in [1.54, 1.807) is 24.3 Å². The van der Waals surface area contributed by atoms with E-state index in [1.165, 1.54) is 0 Å². The number of hydrogen-bond acceptors (Lipinski definition) is 2. The van der Waals surface area contributed by atoms with Crippen molar-refractivity contribution in [2.45, 2.75) is 6.92 Å². The Kier molecular flexibility index (Phi) is 3.36. The molecule has 0 unspecified atom stereocenters. The van der Waals surface area contributed by atoms with Crippen LogP contribution in [0.2, 0.25) is 0 Å². The molecular formula is C19H15O2. The van der Waals surface area contributed by atoms with Crippen LogP contribution in [0.25, 0.3) is 22.3 Å². The molecule has 0 spiro atoms. The van der Waals surface area contributed by atoms with Gasteiger partial charge in [-0.25, -0.2) is 0 Å². The van der Waals surface area contributed by atoms with Gasteiger partial charge < -0.3 is 10.2 Å². The molecule has 2 nitrogen and oxygen atoms in total. The summed E-state index contributed by atoms with van der Waals surface area (Å²) in [6.45, 7) is 2.02. The zero-order chi connectivity index (χ0) is 14.8. The van der Waals surface area contributed by atoms with Gasteiger partial charge in [-0.2, -0.15) is 0 Å². The Morgan fingerprint density at radius 3 is 1.81 bits per heavy atom. The molecule has 103 valence electrons. The number of aryl methyl sites for hydroxylation is 1. The molecule has 0 aliphatic carbocycles. The van der Waals surface area contributed by atoms with Gasteiger partial charge in [0.15, 0.2) is 0 Å². The summed E-state index contributed by atoms with van der Waals surface area (Å²) in [6.07, 6.45) is 0. The van der Waals surface area contributed by atoms with Gasteiger partial charge in [0.1, 0.15) is 11.5 Å². The molecular weight excluding hydrogens is 260 g/mol. The minimum Gasteiger partial charge on any atom is -0.508 e. The molecule has 0 aromatic heterocycles. The summed E-state index contributed by atoms with van der Waals surface area (Å²) >= 11 is 0. The third-order valence-electron chi connectivity index (χ3n) is 3.53. The molecule has 3 aromatic rings. The SMILES string of the molecule is Cc1[c]ccc(-c2ccc(O)cc2)c1-c1ccc(O)cc1. The molecule has 3 rings (SSSR count). The highest BCUT2D eigenvalue weighted by Crippen LogP contribution is 2.35. The lowest BCUT2D eigenvalue weighted by molar-refractivity contribution is 0.475. The first kappa shape index (κ1) is 13.3.